The van der Waals surface area contributed by atoms with Crippen molar-refractivity contribution in [3.05, 3.63) is 47.5 Å². The van der Waals surface area contributed by atoms with Crippen LogP contribution in [-0.4, -0.2) is 16.3 Å². The van der Waals surface area contributed by atoms with E-state index in [9.17, 15) is 27.6 Å². The van der Waals surface area contributed by atoms with Gasteiger partial charge in [-0.05, 0) is 92.0 Å². The maximum absolute atomic E-state index is 13.5. The van der Waals surface area contributed by atoms with E-state index in [1.54, 1.807) is 6.07 Å². The Kier molecular flexibility index (Phi) is 9.84. The van der Waals surface area contributed by atoms with Crippen LogP contribution in [0.4, 0.5) is 29.3 Å². The third kappa shape index (κ3) is 7.89. The number of thioether (sulfide) groups is 2. The first-order valence-electron chi connectivity index (χ1n) is 14.1. The molecule has 4 rings (SSSR count). The normalized spacial score (nSPS) is 18.4. The van der Waals surface area contributed by atoms with Crippen LogP contribution in [0.15, 0.2) is 46.2 Å². The lowest BCUT2D eigenvalue weighted by Gasteiger charge is -2.32. The average molecular weight is 607 g/mol. The van der Waals surface area contributed by atoms with Crippen LogP contribution in [0.25, 0.3) is 0 Å². The van der Waals surface area contributed by atoms with E-state index < -0.39 is 27.0 Å². The van der Waals surface area contributed by atoms with Crippen molar-refractivity contribution >= 4 is 51.2 Å². The Balaban J connectivity index is 1.54. The van der Waals surface area contributed by atoms with Gasteiger partial charge in [-0.3, -0.25) is 14.4 Å². The maximum Gasteiger partial charge on any atom is 0.416 e. The van der Waals surface area contributed by atoms with Gasteiger partial charge in [-0.2, -0.15) is 13.2 Å². The number of halogens is 3. The molecule has 10 heteroatoms. The summed E-state index contributed by atoms with van der Waals surface area (Å²) in [5.74, 6) is -0.410. The molecule has 2 aromatic rings. The maximum atomic E-state index is 13.5. The van der Waals surface area contributed by atoms with Gasteiger partial charge in [0.05, 0.1) is 16.9 Å². The fraction of sp³-hybridized carbons (Fsp3) is 0.516. The fourth-order valence-electron chi connectivity index (χ4n) is 5.59. The molecule has 0 heterocycles. The summed E-state index contributed by atoms with van der Waals surface area (Å²) in [6.45, 7) is 5.70. The standard InChI is InChI=1S/C31H37F3N2O3S2/c1-20-10-12-24(22(18-20)35-26(37)29(2)14-6-4-7-15-29)40-28(39)41-25-13-11-21(31(32,33)34)19-23(25)36-27(38)30(3)16-8-5-9-17-30/h10-13,18-19H,4-9,14-17H2,1-3H3,(H,35,37)(H,36,38). The lowest BCUT2D eigenvalue weighted by atomic mass is 9.75. The summed E-state index contributed by atoms with van der Waals surface area (Å²) in [4.78, 5) is 40.4. The number of alkyl halides is 3. The molecule has 2 aromatic carbocycles. The minimum absolute atomic E-state index is 0.0294. The zero-order valence-electron chi connectivity index (χ0n) is 23.7. The van der Waals surface area contributed by atoms with Crippen molar-refractivity contribution in [2.75, 3.05) is 10.6 Å². The molecule has 0 aliphatic heterocycles. The third-order valence-electron chi connectivity index (χ3n) is 8.34. The minimum atomic E-state index is -4.60. The number of anilines is 2. The van der Waals surface area contributed by atoms with Crippen molar-refractivity contribution < 1.29 is 27.6 Å². The van der Waals surface area contributed by atoms with Gasteiger partial charge in [0.2, 0.25) is 11.8 Å². The topological polar surface area (TPSA) is 75.3 Å². The molecule has 2 N–H and O–H groups in total. The molecule has 2 saturated carbocycles. The Hall–Kier alpha value is -2.46. The third-order valence-corrected chi connectivity index (χ3v) is 10.3. The largest absolute Gasteiger partial charge is 0.416 e. The Labute approximate surface area is 248 Å². The highest BCUT2D eigenvalue weighted by molar-refractivity contribution is 8.38. The lowest BCUT2D eigenvalue weighted by molar-refractivity contribution is -0.137. The van der Waals surface area contributed by atoms with Gasteiger partial charge in [0.15, 0.2) is 0 Å². The van der Waals surface area contributed by atoms with Crippen LogP contribution in [0.5, 0.6) is 0 Å². The summed E-state index contributed by atoms with van der Waals surface area (Å²) >= 11 is 1.66. The highest BCUT2D eigenvalue weighted by Gasteiger charge is 2.37. The zero-order chi connectivity index (χ0) is 29.8. The quantitative estimate of drug-likeness (QED) is 0.320. The van der Waals surface area contributed by atoms with E-state index in [0.717, 1.165) is 92.6 Å². The van der Waals surface area contributed by atoms with Gasteiger partial charge in [-0.1, -0.05) is 58.4 Å². The van der Waals surface area contributed by atoms with Gasteiger partial charge in [0, 0.05) is 20.6 Å². The summed E-state index contributed by atoms with van der Waals surface area (Å²) < 4.78 is 40.2. The molecule has 0 bridgehead atoms. The monoisotopic (exact) mass is 606 g/mol. The highest BCUT2D eigenvalue weighted by Crippen LogP contribution is 2.43. The van der Waals surface area contributed by atoms with Gasteiger partial charge >= 0.3 is 6.18 Å². The molecule has 0 unspecified atom stereocenters. The SMILES string of the molecule is Cc1ccc(SC(=O)Sc2ccc(C(F)(F)F)cc2NC(=O)C2(C)CCCCC2)c(NC(=O)C2(C)CCCCC2)c1. The average Bonchev–Trinajstić information content (AvgIpc) is 2.91. The first kappa shape index (κ1) is 31.5. The van der Waals surface area contributed by atoms with Crippen molar-refractivity contribution in [1.29, 1.82) is 0 Å². The van der Waals surface area contributed by atoms with Gasteiger partial charge in [-0.25, -0.2) is 0 Å². The summed E-state index contributed by atoms with van der Waals surface area (Å²) in [7, 11) is 0. The number of hydrogen-bond acceptors (Lipinski definition) is 5. The van der Waals surface area contributed by atoms with E-state index >= 15 is 0 Å². The molecule has 0 radical (unpaired) electrons. The molecule has 2 aliphatic carbocycles. The van der Waals surface area contributed by atoms with Crippen LogP contribution < -0.4 is 10.6 Å². The molecule has 0 atom stereocenters. The van der Waals surface area contributed by atoms with Crippen molar-refractivity contribution in [3.8, 4) is 0 Å². The second-order valence-corrected chi connectivity index (χ2v) is 14.1. The van der Waals surface area contributed by atoms with Crippen molar-refractivity contribution in [3.63, 3.8) is 0 Å². The van der Waals surface area contributed by atoms with Crippen molar-refractivity contribution in [1.82, 2.24) is 0 Å². The molecule has 2 aliphatic rings. The number of benzene rings is 2. The Morgan fingerprint density at radius 2 is 1.15 bits per heavy atom. The minimum Gasteiger partial charge on any atom is -0.325 e. The molecule has 2 amide bonds. The fourth-order valence-corrected chi connectivity index (χ4v) is 7.37. The van der Waals surface area contributed by atoms with Crippen LogP contribution in [0, 0.1) is 17.8 Å². The zero-order valence-corrected chi connectivity index (χ0v) is 25.3. The van der Waals surface area contributed by atoms with Gasteiger partial charge in [0.1, 0.15) is 0 Å². The molecular formula is C31H37F3N2O3S2. The van der Waals surface area contributed by atoms with Gasteiger partial charge in [-0.15, -0.1) is 0 Å². The number of carbonyl (C=O) groups is 3. The molecule has 0 spiro atoms. The number of aryl methyl sites for hydroxylation is 1. The number of hydrogen-bond donors (Lipinski definition) is 2. The number of nitrogens with one attached hydrogen (secondary N) is 2. The van der Waals surface area contributed by atoms with Crippen molar-refractivity contribution in [2.24, 2.45) is 10.8 Å². The van der Waals surface area contributed by atoms with Crippen molar-refractivity contribution in [2.45, 2.75) is 101 Å². The first-order chi connectivity index (χ1) is 19.3. The number of rotatable bonds is 6. The van der Waals surface area contributed by atoms with Gasteiger partial charge < -0.3 is 10.6 Å². The Morgan fingerprint density at radius 1 is 0.707 bits per heavy atom. The van der Waals surface area contributed by atoms with Crippen LogP contribution in [0.1, 0.15) is 89.2 Å². The summed E-state index contributed by atoms with van der Waals surface area (Å²) in [6, 6.07) is 8.46. The summed E-state index contributed by atoms with van der Waals surface area (Å²) in [5.41, 5.74) is -0.610. The molecule has 222 valence electrons. The first-order valence-corrected chi connectivity index (χ1v) is 15.8. The Bertz CT molecular complexity index is 1300. The number of carbonyl (C=O) groups excluding carboxylic acids is 3. The van der Waals surface area contributed by atoms with E-state index in [1.165, 1.54) is 6.07 Å². The molecule has 0 aromatic heterocycles. The number of amides is 2. The van der Waals surface area contributed by atoms with E-state index in [2.05, 4.69) is 10.6 Å². The Morgan fingerprint density at radius 3 is 1.61 bits per heavy atom. The van der Waals surface area contributed by atoms with E-state index in [1.807, 2.05) is 32.9 Å². The molecule has 2 fully saturated rings. The predicted molar refractivity (Wildman–Crippen MR) is 159 cm³/mol. The lowest BCUT2D eigenvalue weighted by Crippen LogP contribution is -2.35. The van der Waals surface area contributed by atoms with E-state index in [-0.39, 0.29) is 22.4 Å². The van der Waals surface area contributed by atoms with Crippen LogP contribution in [0.3, 0.4) is 0 Å². The molecular weight excluding hydrogens is 569 g/mol. The molecule has 41 heavy (non-hydrogen) atoms. The summed E-state index contributed by atoms with van der Waals surface area (Å²) in [5, 5.41) is 5.74. The van der Waals surface area contributed by atoms with E-state index in [4.69, 9.17) is 0 Å². The second kappa shape index (κ2) is 12.8. The molecule has 0 saturated heterocycles. The predicted octanol–water partition coefficient (Wildman–Crippen LogP) is 9.84. The van der Waals surface area contributed by atoms with Gasteiger partial charge in [0.25, 0.3) is 4.45 Å². The molecule has 5 nitrogen and oxygen atoms in total. The van der Waals surface area contributed by atoms with Crippen LogP contribution in [-0.2, 0) is 15.8 Å². The highest BCUT2D eigenvalue weighted by atomic mass is 32.2. The van der Waals surface area contributed by atoms with Crippen LogP contribution in [0.2, 0.25) is 0 Å². The van der Waals surface area contributed by atoms with Crippen LogP contribution >= 0.6 is 23.5 Å². The van der Waals surface area contributed by atoms with E-state index in [0.29, 0.717) is 23.4 Å². The second-order valence-electron chi connectivity index (χ2n) is 11.8. The smallest absolute Gasteiger partial charge is 0.325 e. The summed E-state index contributed by atoms with van der Waals surface area (Å²) in [6.07, 6.45) is 4.26.